The highest BCUT2D eigenvalue weighted by molar-refractivity contribution is 6.36. The van der Waals surface area contributed by atoms with Gasteiger partial charge in [-0.25, -0.2) is 14.6 Å². The van der Waals surface area contributed by atoms with Gasteiger partial charge < -0.3 is 18.8 Å². The van der Waals surface area contributed by atoms with Crippen LogP contribution in [0.15, 0.2) is 91.1 Å². The van der Waals surface area contributed by atoms with Crippen LogP contribution in [0.4, 0.5) is 10.5 Å². The van der Waals surface area contributed by atoms with E-state index in [-0.39, 0.29) is 6.10 Å². The lowest BCUT2D eigenvalue weighted by Crippen LogP contribution is -2.18. The number of carbonyl (C=O) groups is 2. The quantitative estimate of drug-likeness (QED) is 0.149. The second kappa shape index (κ2) is 15.0. The second-order valence-corrected chi connectivity index (χ2v) is 11.7. The maximum Gasteiger partial charge on any atom is 0.411 e. The molecule has 0 fully saturated rings. The fourth-order valence-electron chi connectivity index (χ4n) is 4.91. The van der Waals surface area contributed by atoms with Gasteiger partial charge in [0.05, 0.1) is 42.3 Å². The molecule has 8 nitrogen and oxygen atoms in total. The Morgan fingerprint density at radius 3 is 2.38 bits per heavy atom. The van der Waals surface area contributed by atoms with Crippen LogP contribution in [0.3, 0.4) is 0 Å². The van der Waals surface area contributed by atoms with Crippen LogP contribution in [0.2, 0.25) is 10.0 Å². The number of esters is 1. The smallest absolute Gasteiger partial charge is 0.411 e. The summed E-state index contributed by atoms with van der Waals surface area (Å²) in [6.45, 7) is 4.04. The van der Waals surface area contributed by atoms with Crippen LogP contribution >= 0.6 is 23.2 Å². The number of amides is 1. The van der Waals surface area contributed by atoms with E-state index >= 15 is 0 Å². The molecule has 240 valence electrons. The topological polar surface area (TPSA) is 91.7 Å². The number of halogens is 2. The van der Waals surface area contributed by atoms with Gasteiger partial charge in [0.1, 0.15) is 11.6 Å². The molecule has 0 aliphatic heterocycles. The molecule has 0 bridgehead atoms. The standard InChI is InChI=1S/C37H33Cl2N3O5/c1-23(2)47-37(44)41-32-16-13-27(19-34(32)45-3)26-11-8-24(9-12-26)10-17-35-40-33(30-15-14-29(38)20-31(30)39)22-42(35)21-25-6-5-7-28(18-25)36(43)46-4/h5-20,22-23H,21H2,1-4H3,(H,41,44). The summed E-state index contributed by atoms with van der Waals surface area (Å²) in [5, 5.41) is 3.76. The maximum absolute atomic E-state index is 12.1. The van der Waals surface area contributed by atoms with Crippen molar-refractivity contribution in [3.8, 4) is 28.1 Å². The number of hydrogen-bond acceptors (Lipinski definition) is 6. The average Bonchev–Trinajstić information content (AvgIpc) is 3.45. The van der Waals surface area contributed by atoms with Crippen LogP contribution in [-0.4, -0.2) is 41.9 Å². The van der Waals surface area contributed by atoms with Gasteiger partial charge in [0.2, 0.25) is 0 Å². The monoisotopic (exact) mass is 669 g/mol. The van der Waals surface area contributed by atoms with Crippen molar-refractivity contribution in [3.05, 3.63) is 124 Å². The summed E-state index contributed by atoms with van der Waals surface area (Å²) in [4.78, 5) is 29.1. The number of rotatable bonds is 10. The van der Waals surface area contributed by atoms with E-state index in [1.54, 1.807) is 45.2 Å². The van der Waals surface area contributed by atoms with Crippen molar-refractivity contribution in [2.75, 3.05) is 19.5 Å². The average molecular weight is 671 g/mol. The first-order valence-corrected chi connectivity index (χ1v) is 15.5. The van der Waals surface area contributed by atoms with Gasteiger partial charge in [-0.05, 0) is 84.6 Å². The predicted octanol–water partition coefficient (Wildman–Crippen LogP) is 9.49. The van der Waals surface area contributed by atoms with Gasteiger partial charge >= 0.3 is 12.1 Å². The fourth-order valence-corrected chi connectivity index (χ4v) is 5.42. The van der Waals surface area contributed by atoms with Crippen molar-refractivity contribution in [3.63, 3.8) is 0 Å². The minimum absolute atomic E-state index is 0.234. The molecular weight excluding hydrogens is 637 g/mol. The third-order valence-electron chi connectivity index (χ3n) is 7.17. The zero-order valence-corrected chi connectivity index (χ0v) is 27.8. The summed E-state index contributed by atoms with van der Waals surface area (Å²) in [7, 11) is 2.92. The van der Waals surface area contributed by atoms with Gasteiger partial charge in [-0.2, -0.15) is 0 Å². The molecule has 5 rings (SSSR count). The molecule has 0 aliphatic rings. The minimum atomic E-state index is -0.541. The van der Waals surface area contributed by atoms with E-state index in [0.29, 0.717) is 45.1 Å². The van der Waals surface area contributed by atoms with Crippen molar-refractivity contribution in [2.45, 2.75) is 26.5 Å². The Morgan fingerprint density at radius 2 is 1.68 bits per heavy atom. The molecule has 1 amide bonds. The Bertz CT molecular complexity index is 1930. The SMILES string of the molecule is COC(=O)c1cccc(Cn2cc(-c3ccc(Cl)cc3Cl)nc2C=Cc2ccc(-c3ccc(NC(=O)OC(C)C)c(OC)c3)cc2)c1. The molecule has 0 saturated carbocycles. The van der Waals surface area contributed by atoms with Gasteiger partial charge in [0.15, 0.2) is 0 Å². The Morgan fingerprint density at radius 1 is 0.915 bits per heavy atom. The largest absolute Gasteiger partial charge is 0.495 e. The minimum Gasteiger partial charge on any atom is -0.495 e. The Kier molecular flexibility index (Phi) is 10.7. The van der Waals surface area contributed by atoms with Crippen molar-refractivity contribution in [1.29, 1.82) is 0 Å². The summed E-state index contributed by atoms with van der Waals surface area (Å²) in [5.41, 5.74) is 6.21. The van der Waals surface area contributed by atoms with Crippen LogP contribution in [0, 0.1) is 0 Å². The first kappa shape index (κ1) is 33.3. The van der Waals surface area contributed by atoms with Crippen LogP contribution in [0.1, 0.15) is 41.2 Å². The zero-order chi connectivity index (χ0) is 33.5. The molecule has 0 unspecified atom stereocenters. The number of nitrogens with zero attached hydrogens (tertiary/aromatic N) is 2. The molecule has 0 saturated heterocycles. The lowest BCUT2D eigenvalue weighted by atomic mass is 10.0. The Hall–Kier alpha value is -5.05. The van der Waals surface area contributed by atoms with Crippen LogP contribution in [-0.2, 0) is 16.0 Å². The number of methoxy groups -OCH3 is 2. The first-order chi connectivity index (χ1) is 22.6. The summed E-state index contributed by atoms with van der Waals surface area (Å²) < 4.78 is 17.6. The number of aromatic nitrogens is 2. The highest BCUT2D eigenvalue weighted by atomic mass is 35.5. The van der Waals surface area contributed by atoms with E-state index in [1.165, 1.54) is 7.11 Å². The van der Waals surface area contributed by atoms with E-state index in [0.717, 1.165) is 27.8 Å². The number of ether oxygens (including phenoxy) is 3. The number of benzene rings is 4. The highest BCUT2D eigenvalue weighted by Crippen LogP contribution is 2.32. The lowest BCUT2D eigenvalue weighted by molar-refractivity contribution is 0.0600. The predicted molar refractivity (Wildman–Crippen MR) is 187 cm³/mol. The molecule has 1 heterocycles. The molecule has 10 heteroatoms. The second-order valence-electron chi connectivity index (χ2n) is 10.9. The molecule has 0 spiro atoms. The molecule has 1 N–H and O–H groups in total. The molecule has 0 atom stereocenters. The van der Waals surface area contributed by atoms with Crippen molar-refractivity contribution in [1.82, 2.24) is 9.55 Å². The molecule has 4 aromatic carbocycles. The Labute approximate surface area is 283 Å². The normalized spacial score (nSPS) is 11.1. The molecule has 0 radical (unpaired) electrons. The lowest BCUT2D eigenvalue weighted by Gasteiger charge is -2.13. The van der Waals surface area contributed by atoms with E-state index in [1.807, 2.05) is 83.6 Å². The number of anilines is 1. The van der Waals surface area contributed by atoms with E-state index in [4.69, 9.17) is 42.4 Å². The van der Waals surface area contributed by atoms with Crippen LogP contribution < -0.4 is 10.1 Å². The summed E-state index contributed by atoms with van der Waals surface area (Å²) in [6.07, 6.45) is 5.07. The number of carbonyl (C=O) groups excluding carboxylic acids is 2. The number of imidazole rings is 1. The van der Waals surface area contributed by atoms with E-state index in [9.17, 15) is 9.59 Å². The van der Waals surface area contributed by atoms with Crippen molar-refractivity contribution < 1.29 is 23.8 Å². The molecule has 0 aliphatic carbocycles. The Balaban J connectivity index is 1.40. The molecule has 1 aromatic heterocycles. The van der Waals surface area contributed by atoms with Crippen LogP contribution in [0.5, 0.6) is 5.75 Å². The van der Waals surface area contributed by atoms with Gasteiger partial charge in [0.25, 0.3) is 0 Å². The summed E-state index contributed by atoms with van der Waals surface area (Å²) in [6, 6.07) is 26.2. The maximum atomic E-state index is 12.1. The molecule has 47 heavy (non-hydrogen) atoms. The molecule has 5 aromatic rings. The third kappa shape index (κ3) is 8.41. The van der Waals surface area contributed by atoms with E-state index < -0.39 is 12.1 Å². The van der Waals surface area contributed by atoms with E-state index in [2.05, 4.69) is 5.32 Å². The van der Waals surface area contributed by atoms with Gasteiger partial charge in [0, 0.05) is 23.3 Å². The fraction of sp³-hybridized carbons (Fsp3) is 0.162. The highest BCUT2D eigenvalue weighted by Gasteiger charge is 2.14. The summed E-state index contributed by atoms with van der Waals surface area (Å²) in [5.74, 6) is 0.821. The van der Waals surface area contributed by atoms with Gasteiger partial charge in [-0.3, -0.25) is 5.32 Å². The van der Waals surface area contributed by atoms with Crippen LogP contribution in [0.25, 0.3) is 34.5 Å². The zero-order valence-electron chi connectivity index (χ0n) is 26.3. The van der Waals surface area contributed by atoms with Gasteiger partial charge in [-0.1, -0.05) is 71.7 Å². The van der Waals surface area contributed by atoms with Crippen molar-refractivity contribution in [2.24, 2.45) is 0 Å². The summed E-state index contributed by atoms with van der Waals surface area (Å²) >= 11 is 12.7. The first-order valence-electron chi connectivity index (χ1n) is 14.8. The van der Waals surface area contributed by atoms with Gasteiger partial charge in [-0.15, -0.1) is 0 Å². The van der Waals surface area contributed by atoms with Crippen molar-refractivity contribution >= 4 is 53.1 Å². The number of hydrogen-bond donors (Lipinski definition) is 1. The third-order valence-corrected chi connectivity index (χ3v) is 7.71. The number of nitrogens with one attached hydrogen (secondary N) is 1. The molecular formula is C37H33Cl2N3O5.